The average Bonchev–Trinajstić information content (AvgIpc) is 2.73. The number of rotatable bonds is 7. The van der Waals surface area contributed by atoms with Crippen LogP contribution in [-0.2, 0) is 16.6 Å². The zero-order valence-electron chi connectivity index (χ0n) is 20.4. The second-order valence-corrected chi connectivity index (χ2v) is 15.7. The Balaban J connectivity index is 1.98. The van der Waals surface area contributed by atoms with E-state index in [-0.39, 0.29) is 0 Å². The zero-order valence-corrected chi connectivity index (χ0v) is 21.4. The molecule has 2 aromatic rings. The third-order valence-electron chi connectivity index (χ3n) is 7.53. The van der Waals surface area contributed by atoms with Crippen LogP contribution in [0.15, 0.2) is 36.4 Å². The third kappa shape index (κ3) is 4.59. The highest BCUT2D eigenvalue weighted by Gasteiger charge is 2.45. The predicted molar refractivity (Wildman–Crippen MR) is 133 cm³/mol. The fraction of sp³-hybridized carbons (Fsp3) is 0.577. The monoisotopic (exact) mass is 457 g/mol. The number of piperidine rings is 1. The van der Waals surface area contributed by atoms with Gasteiger partial charge in [-0.25, -0.2) is 4.79 Å². The molecule has 1 amide bonds. The minimum Gasteiger partial charge on any atom is -0.465 e. The van der Waals surface area contributed by atoms with E-state index in [1.54, 1.807) is 0 Å². The lowest BCUT2D eigenvalue weighted by atomic mass is 9.82. The lowest BCUT2D eigenvalue weighted by Gasteiger charge is -2.42. The molecule has 3 rings (SSSR count). The number of nitrogens with zero attached hydrogens (tertiary/aromatic N) is 1. The highest BCUT2D eigenvalue weighted by atomic mass is 28.4. The quantitative estimate of drug-likeness (QED) is 0.466. The molecule has 0 radical (unpaired) electrons. The molecule has 6 heteroatoms. The Morgan fingerprint density at radius 3 is 2.12 bits per heavy atom. The summed E-state index contributed by atoms with van der Waals surface area (Å²) in [4.78, 5) is 12.7. The third-order valence-corrected chi connectivity index (χ3v) is 13.6. The molecule has 0 spiro atoms. The van der Waals surface area contributed by atoms with Crippen molar-refractivity contribution in [1.82, 2.24) is 4.90 Å². The van der Waals surface area contributed by atoms with E-state index in [9.17, 15) is 15.0 Å². The van der Waals surface area contributed by atoms with Crippen molar-refractivity contribution in [2.75, 3.05) is 13.1 Å². The Morgan fingerprint density at radius 2 is 1.59 bits per heavy atom. The molecule has 1 fully saturated rings. The van der Waals surface area contributed by atoms with Crippen molar-refractivity contribution in [3.05, 3.63) is 47.5 Å². The van der Waals surface area contributed by atoms with Crippen LogP contribution in [0.3, 0.4) is 0 Å². The summed E-state index contributed by atoms with van der Waals surface area (Å²) in [6.07, 6.45) is -0.113. The molecule has 1 heterocycles. The highest BCUT2D eigenvalue weighted by molar-refractivity contribution is 6.77. The van der Waals surface area contributed by atoms with Crippen molar-refractivity contribution in [3.8, 4) is 0 Å². The largest absolute Gasteiger partial charge is 0.465 e. The molecule has 0 atom stereocenters. The molecule has 1 aliphatic heterocycles. The summed E-state index contributed by atoms with van der Waals surface area (Å²) >= 11 is 0. The Morgan fingerprint density at radius 1 is 1.03 bits per heavy atom. The van der Waals surface area contributed by atoms with Crippen molar-refractivity contribution in [2.45, 2.75) is 83.2 Å². The first kappa shape index (κ1) is 24.7. The van der Waals surface area contributed by atoms with Crippen molar-refractivity contribution in [3.63, 3.8) is 0 Å². The summed E-state index contributed by atoms with van der Waals surface area (Å²) in [6.45, 7) is 15.0. The second kappa shape index (κ2) is 9.54. The van der Waals surface area contributed by atoms with Gasteiger partial charge in [-0.15, -0.1) is 0 Å². The summed E-state index contributed by atoms with van der Waals surface area (Å²) < 4.78 is 6.90. The van der Waals surface area contributed by atoms with E-state index in [1.165, 1.54) is 4.90 Å². The van der Waals surface area contributed by atoms with Gasteiger partial charge in [0.05, 0.1) is 12.2 Å². The standard InChI is InChI=1S/C26H39NO4Si/c1-18(2)32(19(3)4,20(5)6)31-17-22-16-23(15-21-9-7-8-10-24(21)22)26(30)11-13-27(14-12-26)25(28)29/h7-10,15-16,18-20,30H,11-14,17H2,1-6H3,(H,28,29). The zero-order chi connectivity index (χ0) is 23.7. The Kier molecular flexibility index (Phi) is 7.37. The summed E-state index contributed by atoms with van der Waals surface area (Å²) in [5, 5.41) is 23.0. The van der Waals surface area contributed by atoms with Crippen LogP contribution in [0.5, 0.6) is 0 Å². The Bertz CT molecular complexity index is 926. The summed E-state index contributed by atoms with van der Waals surface area (Å²) in [7, 11) is -2.03. The fourth-order valence-corrected chi connectivity index (χ4v) is 11.2. The predicted octanol–water partition coefficient (Wildman–Crippen LogP) is 6.49. The maximum Gasteiger partial charge on any atom is 0.407 e. The van der Waals surface area contributed by atoms with Crippen LogP contribution in [0.25, 0.3) is 10.8 Å². The van der Waals surface area contributed by atoms with E-state index in [0.29, 0.717) is 49.2 Å². The number of likely N-dealkylation sites (tertiary alicyclic amines) is 1. The summed E-state index contributed by atoms with van der Waals surface area (Å²) in [6, 6.07) is 12.4. The molecule has 2 N–H and O–H groups in total. The van der Waals surface area contributed by atoms with Crippen LogP contribution in [0.4, 0.5) is 4.79 Å². The van der Waals surface area contributed by atoms with Crippen LogP contribution in [0.1, 0.15) is 65.5 Å². The highest BCUT2D eigenvalue weighted by Crippen LogP contribution is 2.43. The van der Waals surface area contributed by atoms with Crippen molar-refractivity contribution < 1.29 is 19.4 Å². The van der Waals surface area contributed by atoms with Crippen LogP contribution in [0, 0.1) is 0 Å². The topological polar surface area (TPSA) is 70.0 Å². The molecule has 1 aliphatic rings. The number of hydrogen-bond donors (Lipinski definition) is 2. The molecule has 176 valence electrons. The first-order valence-electron chi connectivity index (χ1n) is 11.9. The molecule has 5 nitrogen and oxygen atoms in total. The van der Waals surface area contributed by atoms with Gasteiger partial charge in [0.2, 0.25) is 8.32 Å². The van der Waals surface area contributed by atoms with Crippen LogP contribution in [0.2, 0.25) is 16.6 Å². The second-order valence-electron chi connectivity index (χ2n) is 10.3. The van der Waals surface area contributed by atoms with Gasteiger partial charge in [0, 0.05) is 13.1 Å². The first-order chi connectivity index (χ1) is 15.0. The number of aliphatic hydroxyl groups is 1. The average molecular weight is 458 g/mol. The van der Waals surface area contributed by atoms with E-state index < -0.39 is 20.0 Å². The number of amides is 1. The van der Waals surface area contributed by atoms with Gasteiger partial charge >= 0.3 is 6.09 Å². The number of hydrogen-bond acceptors (Lipinski definition) is 3. The lowest BCUT2D eigenvalue weighted by molar-refractivity contribution is -0.0213. The van der Waals surface area contributed by atoms with E-state index in [0.717, 1.165) is 21.9 Å². The van der Waals surface area contributed by atoms with Gasteiger partial charge in [-0.3, -0.25) is 0 Å². The van der Waals surface area contributed by atoms with Gasteiger partial charge in [0.25, 0.3) is 0 Å². The minimum atomic E-state index is -2.03. The van der Waals surface area contributed by atoms with Gasteiger partial charge < -0.3 is 19.5 Å². The van der Waals surface area contributed by atoms with E-state index in [2.05, 4.69) is 65.8 Å². The molecular weight excluding hydrogens is 418 g/mol. The van der Waals surface area contributed by atoms with Crippen LogP contribution >= 0.6 is 0 Å². The van der Waals surface area contributed by atoms with Crippen molar-refractivity contribution in [1.29, 1.82) is 0 Å². The SMILES string of the molecule is CC(C)[Si](OCc1cc(C2(O)CCN(C(=O)O)CC2)cc2ccccc12)(C(C)C)C(C)C. The summed E-state index contributed by atoms with van der Waals surface area (Å²) in [5.41, 5.74) is 2.45. The molecule has 32 heavy (non-hydrogen) atoms. The number of carbonyl (C=O) groups is 1. The Labute approximate surface area is 193 Å². The molecule has 0 aromatic heterocycles. The molecule has 0 bridgehead atoms. The molecule has 1 saturated heterocycles. The van der Waals surface area contributed by atoms with Crippen LogP contribution < -0.4 is 0 Å². The van der Waals surface area contributed by atoms with Gasteiger partial charge in [0.15, 0.2) is 0 Å². The molecule has 0 saturated carbocycles. The van der Waals surface area contributed by atoms with E-state index in [4.69, 9.17) is 4.43 Å². The number of fused-ring (bicyclic) bond motifs is 1. The maximum atomic E-state index is 11.5. The lowest BCUT2D eigenvalue weighted by Crippen LogP contribution is -2.47. The fourth-order valence-electron chi connectivity index (χ4n) is 5.84. The normalized spacial score (nSPS) is 17.0. The van der Waals surface area contributed by atoms with Crippen LogP contribution in [-0.4, -0.2) is 42.6 Å². The smallest absolute Gasteiger partial charge is 0.407 e. The minimum absolute atomic E-state index is 0.342. The molecular formula is C26H39NO4Si. The van der Waals surface area contributed by atoms with Gasteiger partial charge in [0.1, 0.15) is 0 Å². The molecule has 2 aromatic carbocycles. The number of carboxylic acid groups (broad SMARTS) is 1. The van der Waals surface area contributed by atoms with Crippen molar-refractivity contribution in [2.24, 2.45) is 0 Å². The van der Waals surface area contributed by atoms with Gasteiger partial charge in [-0.2, -0.15) is 0 Å². The number of benzene rings is 2. The van der Waals surface area contributed by atoms with Crippen molar-refractivity contribution >= 4 is 25.2 Å². The van der Waals surface area contributed by atoms with E-state index >= 15 is 0 Å². The first-order valence-corrected chi connectivity index (χ1v) is 14.0. The maximum absolute atomic E-state index is 11.5. The van der Waals surface area contributed by atoms with Gasteiger partial charge in [-0.05, 0) is 57.4 Å². The van der Waals surface area contributed by atoms with E-state index in [1.807, 2.05) is 12.1 Å². The summed E-state index contributed by atoms with van der Waals surface area (Å²) in [5.74, 6) is 0. The molecule has 0 unspecified atom stereocenters. The molecule has 0 aliphatic carbocycles. The van der Waals surface area contributed by atoms with Gasteiger partial charge in [-0.1, -0.05) is 71.9 Å². The Hall–Kier alpha value is -1.89.